The summed E-state index contributed by atoms with van der Waals surface area (Å²) in [4.78, 5) is 146. The van der Waals surface area contributed by atoms with E-state index < -0.39 is 163 Å². The van der Waals surface area contributed by atoms with Gasteiger partial charge in [0.25, 0.3) is 0 Å². The number of hydrogen-bond donors (Lipinski definition) is 11. The number of hydrogen-bond acceptors (Lipinski definition) is 13. The van der Waals surface area contributed by atoms with Crippen LogP contribution in [-0.2, 0) is 52.7 Å². The van der Waals surface area contributed by atoms with Crippen molar-refractivity contribution < 1.29 is 68.1 Å². The summed E-state index contributed by atoms with van der Waals surface area (Å²) in [5.74, 6) is -11.5. The van der Waals surface area contributed by atoms with Crippen LogP contribution in [0.3, 0.4) is 0 Å². The fraction of sp³-hybridized carbons (Fsp3) is 0.744. The molecule has 2 fully saturated rings. The molecule has 0 unspecified atom stereocenters. The van der Waals surface area contributed by atoms with Crippen molar-refractivity contribution in [2.24, 2.45) is 35.1 Å². The quantitative estimate of drug-likeness (QED) is 0.0413. The minimum Gasteiger partial charge on any atom is -0.481 e. The van der Waals surface area contributed by atoms with Crippen molar-refractivity contribution in [2.45, 2.75) is 161 Å². The largest absolute Gasteiger partial charge is 0.481 e. The second-order valence-corrected chi connectivity index (χ2v) is 18.6. The van der Waals surface area contributed by atoms with Gasteiger partial charge in [-0.05, 0) is 62.2 Å². The highest BCUT2D eigenvalue weighted by molar-refractivity contribution is 5.99. The van der Waals surface area contributed by atoms with E-state index in [4.69, 9.17) is 11.5 Å². The number of carboxylic acid groups (broad SMARTS) is 2. The third-order valence-electron chi connectivity index (χ3n) is 11.6. The van der Waals surface area contributed by atoms with Crippen molar-refractivity contribution >= 4 is 65.1 Å². The zero-order chi connectivity index (χ0) is 51.0. The van der Waals surface area contributed by atoms with E-state index in [1.54, 1.807) is 55.4 Å². The van der Waals surface area contributed by atoms with Crippen molar-refractivity contribution in [1.82, 2.24) is 41.7 Å². The number of nitrogens with one attached hydrogen (secondary N) is 6. The van der Waals surface area contributed by atoms with Crippen LogP contribution in [-0.4, -0.2) is 164 Å². The number of aliphatic carboxylic acids is 2. The number of aliphatic hydroxyl groups is 1. The SMILES string of the molecule is CC(C)C[C@H](NC(=O)[C@@H](N)CC(N)=O)C(=O)N[C@@H](CCC(=O)O)C(=O)N[C@H](C(=O)N[C@@H](CO)C(=O)N1CCC[C@H]1C(=O)N1CCC[C@H]1C(=O)N[C@H](C(=O)N[C@H](C(=O)O)C(C)C)C(C)C)C(C)C. The van der Waals surface area contributed by atoms with Crippen LogP contribution in [0.25, 0.3) is 0 Å². The first-order valence-corrected chi connectivity index (χ1v) is 22.7. The molecule has 2 saturated heterocycles. The number of carbonyl (C=O) groups is 11. The summed E-state index contributed by atoms with van der Waals surface area (Å²) in [6.07, 6.45) is -0.258. The Balaban J connectivity index is 2.25. The van der Waals surface area contributed by atoms with Crippen LogP contribution in [0, 0.1) is 23.7 Å². The van der Waals surface area contributed by atoms with Crippen LogP contribution in [0.5, 0.6) is 0 Å². The summed E-state index contributed by atoms with van der Waals surface area (Å²) in [6.45, 7) is 12.5. The molecule has 2 aliphatic rings. The molecule has 378 valence electrons. The van der Waals surface area contributed by atoms with Gasteiger partial charge in [-0.3, -0.25) is 47.9 Å². The number of carboxylic acids is 2. The van der Waals surface area contributed by atoms with E-state index in [1.807, 2.05) is 0 Å². The molecule has 0 radical (unpaired) electrons. The van der Waals surface area contributed by atoms with E-state index in [-0.39, 0.29) is 38.3 Å². The van der Waals surface area contributed by atoms with Gasteiger partial charge < -0.3 is 68.5 Å². The summed E-state index contributed by atoms with van der Waals surface area (Å²) in [7, 11) is 0. The number of nitrogens with zero attached hydrogens (tertiary/aromatic N) is 2. The van der Waals surface area contributed by atoms with Gasteiger partial charge in [-0.25, -0.2) is 4.79 Å². The lowest BCUT2D eigenvalue weighted by Crippen LogP contribution is -2.61. The van der Waals surface area contributed by atoms with Gasteiger partial charge in [0, 0.05) is 19.5 Å². The standard InChI is InChI=1S/C43H72N10O14/c1-20(2)17-26(47-35(58)24(44)18-30(45)55)37(60)46-25(13-14-31(56)57)36(59)49-32(21(3)4)39(62)48-27(19-54)41(64)53-16-10-12-29(53)42(65)52-15-9-11-28(52)38(61)50-33(22(5)6)40(63)51-34(23(7)8)43(66)67/h20-29,32-34,54H,9-19,44H2,1-8H3,(H2,45,55)(H,46,60)(H,47,58)(H,48,62)(H,49,59)(H,50,61)(H,51,63)(H,56,57)(H,66,67)/t24-,25-,26-,27-,28-,29-,32-,33-,34-/m0/s1. The molecule has 2 aliphatic heterocycles. The molecule has 9 atom stereocenters. The van der Waals surface area contributed by atoms with Crippen molar-refractivity contribution in [3.63, 3.8) is 0 Å². The van der Waals surface area contributed by atoms with E-state index in [2.05, 4.69) is 31.9 Å². The lowest BCUT2D eigenvalue weighted by Gasteiger charge is -2.34. The maximum atomic E-state index is 14.1. The number of carbonyl (C=O) groups excluding carboxylic acids is 9. The maximum absolute atomic E-state index is 14.1. The normalized spacial score (nSPS) is 19.1. The summed E-state index contributed by atoms with van der Waals surface area (Å²) < 4.78 is 0. The van der Waals surface area contributed by atoms with Crippen molar-refractivity contribution in [3.8, 4) is 0 Å². The van der Waals surface area contributed by atoms with Gasteiger partial charge in [0.2, 0.25) is 53.2 Å². The van der Waals surface area contributed by atoms with Crippen LogP contribution in [0.15, 0.2) is 0 Å². The molecule has 0 aromatic heterocycles. The van der Waals surface area contributed by atoms with Crippen molar-refractivity contribution in [1.29, 1.82) is 0 Å². The number of rotatable bonds is 26. The average Bonchev–Trinajstić information content (AvgIpc) is 3.93. The van der Waals surface area contributed by atoms with Crippen LogP contribution < -0.4 is 43.4 Å². The van der Waals surface area contributed by atoms with Gasteiger partial charge in [0.15, 0.2) is 0 Å². The van der Waals surface area contributed by atoms with E-state index in [0.717, 1.165) is 0 Å². The first-order chi connectivity index (χ1) is 31.2. The van der Waals surface area contributed by atoms with Crippen LogP contribution in [0.1, 0.15) is 107 Å². The number of primary amides is 1. The lowest BCUT2D eigenvalue weighted by molar-refractivity contribution is -0.149. The Labute approximate surface area is 390 Å². The summed E-state index contributed by atoms with van der Waals surface area (Å²) in [5.41, 5.74) is 10.9. The smallest absolute Gasteiger partial charge is 0.326 e. The highest BCUT2D eigenvalue weighted by Crippen LogP contribution is 2.26. The van der Waals surface area contributed by atoms with Gasteiger partial charge in [-0.1, -0.05) is 55.4 Å². The summed E-state index contributed by atoms with van der Waals surface area (Å²) in [5, 5.41) is 44.3. The Bertz CT molecular complexity index is 1830. The predicted molar refractivity (Wildman–Crippen MR) is 238 cm³/mol. The Morgan fingerprint density at radius 3 is 1.58 bits per heavy atom. The molecule has 24 heteroatoms. The molecule has 13 N–H and O–H groups in total. The van der Waals surface area contributed by atoms with Gasteiger partial charge in [0.1, 0.15) is 48.3 Å². The van der Waals surface area contributed by atoms with Gasteiger partial charge in [-0.2, -0.15) is 0 Å². The fourth-order valence-corrected chi connectivity index (χ4v) is 7.86. The molecular weight excluding hydrogens is 881 g/mol. The molecular formula is C43H72N10O14. The monoisotopic (exact) mass is 953 g/mol. The second kappa shape index (κ2) is 26.4. The molecule has 0 spiro atoms. The summed E-state index contributed by atoms with van der Waals surface area (Å²) >= 11 is 0. The molecule has 2 heterocycles. The molecule has 0 aromatic carbocycles. The number of aliphatic hydroxyl groups excluding tert-OH is 1. The lowest BCUT2D eigenvalue weighted by atomic mass is 9.99. The van der Waals surface area contributed by atoms with Crippen molar-refractivity contribution in [3.05, 3.63) is 0 Å². The van der Waals surface area contributed by atoms with Crippen molar-refractivity contribution in [2.75, 3.05) is 19.7 Å². The topological polar surface area (TPSA) is 379 Å². The first-order valence-electron chi connectivity index (χ1n) is 22.7. The first kappa shape index (κ1) is 57.2. The highest BCUT2D eigenvalue weighted by atomic mass is 16.4. The highest BCUT2D eigenvalue weighted by Gasteiger charge is 2.45. The Kier molecular flexibility index (Phi) is 22.6. The molecule has 0 aromatic rings. The molecule has 9 amide bonds. The van der Waals surface area contributed by atoms with Crippen LogP contribution in [0.4, 0.5) is 0 Å². The Morgan fingerprint density at radius 2 is 1.07 bits per heavy atom. The molecule has 0 aliphatic carbocycles. The molecule has 67 heavy (non-hydrogen) atoms. The fourth-order valence-electron chi connectivity index (χ4n) is 7.86. The summed E-state index contributed by atoms with van der Waals surface area (Å²) in [6, 6.07) is -11.6. The van der Waals surface area contributed by atoms with Crippen LogP contribution in [0.2, 0.25) is 0 Å². The van der Waals surface area contributed by atoms with E-state index >= 15 is 0 Å². The number of likely N-dealkylation sites (tertiary alicyclic amines) is 2. The Hall–Kier alpha value is -5.91. The molecule has 0 saturated carbocycles. The third-order valence-corrected chi connectivity index (χ3v) is 11.6. The third kappa shape index (κ3) is 17.0. The minimum atomic E-state index is -1.61. The number of nitrogens with two attached hydrogens (primary N) is 2. The van der Waals surface area contributed by atoms with E-state index in [9.17, 15) is 68.1 Å². The van der Waals surface area contributed by atoms with Gasteiger partial charge in [0.05, 0.1) is 19.1 Å². The second-order valence-electron chi connectivity index (χ2n) is 18.6. The predicted octanol–water partition coefficient (Wildman–Crippen LogP) is -2.96. The van der Waals surface area contributed by atoms with Crippen LogP contribution >= 0.6 is 0 Å². The van der Waals surface area contributed by atoms with Gasteiger partial charge in [-0.15, -0.1) is 0 Å². The Morgan fingerprint density at radius 1 is 0.597 bits per heavy atom. The number of amides is 9. The van der Waals surface area contributed by atoms with Gasteiger partial charge >= 0.3 is 11.9 Å². The van der Waals surface area contributed by atoms with E-state index in [1.165, 1.54) is 9.80 Å². The van der Waals surface area contributed by atoms with E-state index in [0.29, 0.717) is 12.8 Å². The average molecular weight is 953 g/mol. The molecule has 0 bridgehead atoms. The zero-order valence-corrected chi connectivity index (χ0v) is 39.7. The molecule has 24 nitrogen and oxygen atoms in total. The zero-order valence-electron chi connectivity index (χ0n) is 39.7. The minimum absolute atomic E-state index is 0.0501. The maximum Gasteiger partial charge on any atom is 0.326 e. The molecule has 2 rings (SSSR count).